The van der Waals surface area contributed by atoms with Gasteiger partial charge in [0, 0.05) is 4.47 Å². The largest absolute Gasteiger partial charge is 0.490 e. The summed E-state index contributed by atoms with van der Waals surface area (Å²) in [6.45, 7) is 4.56. The number of amidine groups is 1. The molecule has 1 fully saturated rings. The Bertz CT molecular complexity index is 505. The Labute approximate surface area is 128 Å². The molecule has 0 aromatic heterocycles. The SMILES string of the molecule is CC1CCC(Oc2cccc(Br)c2/C(N)=N/O)CC1C. The second kappa shape index (κ2) is 6.48. The van der Waals surface area contributed by atoms with Crippen molar-refractivity contribution in [2.24, 2.45) is 22.7 Å². The van der Waals surface area contributed by atoms with E-state index in [-0.39, 0.29) is 11.9 Å². The molecule has 1 aliphatic rings. The smallest absolute Gasteiger partial charge is 0.174 e. The summed E-state index contributed by atoms with van der Waals surface area (Å²) in [4.78, 5) is 0. The zero-order chi connectivity index (χ0) is 14.7. The van der Waals surface area contributed by atoms with Gasteiger partial charge in [-0.25, -0.2) is 0 Å². The number of nitrogens with two attached hydrogens (primary N) is 1. The van der Waals surface area contributed by atoms with E-state index in [9.17, 15) is 0 Å². The number of hydrogen-bond donors (Lipinski definition) is 2. The molecule has 1 aliphatic carbocycles. The van der Waals surface area contributed by atoms with E-state index in [1.165, 1.54) is 6.42 Å². The lowest BCUT2D eigenvalue weighted by Crippen LogP contribution is -2.29. The normalized spacial score (nSPS) is 27.4. The van der Waals surface area contributed by atoms with Crippen molar-refractivity contribution in [3.63, 3.8) is 0 Å². The van der Waals surface area contributed by atoms with Gasteiger partial charge in [0.25, 0.3) is 0 Å². The van der Waals surface area contributed by atoms with Crippen molar-refractivity contribution in [1.29, 1.82) is 0 Å². The average molecular weight is 341 g/mol. The van der Waals surface area contributed by atoms with E-state index in [1.807, 2.05) is 18.2 Å². The fraction of sp³-hybridized carbons (Fsp3) is 0.533. The lowest BCUT2D eigenvalue weighted by atomic mass is 9.80. The average Bonchev–Trinajstić information content (AvgIpc) is 2.42. The molecule has 1 saturated carbocycles. The lowest BCUT2D eigenvalue weighted by molar-refractivity contribution is 0.100. The molecule has 4 nitrogen and oxygen atoms in total. The predicted octanol–water partition coefficient (Wildman–Crippen LogP) is 3.75. The van der Waals surface area contributed by atoms with Gasteiger partial charge in [-0.15, -0.1) is 0 Å². The maximum absolute atomic E-state index is 8.91. The van der Waals surface area contributed by atoms with E-state index in [0.717, 1.165) is 23.2 Å². The number of halogens is 1. The van der Waals surface area contributed by atoms with Crippen molar-refractivity contribution in [2.45, 2.75) is 39.2 Å². The molecule has 5 heteroatoms. The summed E-state index contributed by atoms with van der Waals surface area (Å²) in [5, 5.41) is 12.0. The Morgan fingerprint density at radius 3 is 2.75 bits per heavy atom. The van der Waals surface area contributed by atoms with Gasteiger partial charge in [-0.3, -0.25) is 0 Å². The van der Waals surface area contributed by atoms with Crippen LogP contribution in [0.4, 0.5) is 0 Å². The van der Waals surface area contributed by atoms with Gasteiger partial charge < -0.3 is 15.7 Å². The topological polar surface area (TPSA) is 67.8 Å². The summed E-state index contributed by atoms with van der Waals surface area (Å²) in [5.41, 5.74) is 6.35. The van der Waals surface area contributed by atoms with E-state index in [4.69, 9.17) is 15.7 Å². The van der Waals surface area contributed by atoms with Crippen LogP contribution in [0.3, 0.4) is 0 Å². The standard InChI is InChI=1S/C15H21BrN2O2/c1-9-6-7-11(8-10(9)2)20-13-5-3-4-12(16)14(13)15(17)18-19/h3-5,9-11,19H,6-8H2,1-2H3,(H2,17,18). The summed E-state index contributed by atoms with van der Waals surface area (Å²) >= 11 is 3.42. The summed E-state index contributed by atoms with van der Waals surface area (Å²) in [7, 11) is 0. The van der Waals surface area contributed by atoms with E-state index in [0.29, 0.717) is 17.2 Å². The highest BCUT2D eigenvalue weighted by atomic mass is 79.9. The third-order valence-electron chi connectivity index (χ3n) is 4.18. The zero-order valence-electron chi connectivity index (χ0n) is 11.8. The van der Waals surface area contributed by atoms with Crippen molar-refractivity contribution in [1.82, 2.24) is 0 Å². The van der Waals surface area contributed by atoms with Crippen LogP contribution in [0.25, 0.3) is 0 Å². The third kappa shape index (κ3) is 3.26. The molecule has 110 valence electrons. The van der Waals surface area contributed by atoms with Gasteiger partial charge in [0.1, 0.15) is 5.75 Å². The van der Waals surface area contributed by atoms with Crippen molar-refractivity contribution in [3.05, 3.63) is 28.2 Å². The van der Waals surface area contributed by atoms with E-state index >= 15 is 0 Å². The maximum atomic E-state index is 8.91. The first-order chi connectivity index (χ1) is 9.52. The van der Waals surface area contributed by atoms with Gasteiger partial charge in [-0.1, -0.05) is 25.1 Å². The second-order valence-corrected chi connectivity index (χ2v) is 6.46. The molecule has 1 aromatic carbocycles. The van der Waals surface area contributed by atoms with Gasteiger partial charge in [0.2, 0.25) is 0 Å². The van der Waals surface area contributed by atoms with E-state index < -0.39 is 0 Å². The summed E-state index contributed by atoms with van der Waals surface area (Å²) < 4.78 is 6.87. The van der Waals surface area contributed by atoms with Gasteiger partial charge in [0.15, 0.2) is 5.84 Å². The van der Waals surface area contributed by atoms with Crippen LogP contribution in [-0.4, -0.2) is 17.1 Å². The fourth-order valence-corrected chi connectivity index (χ4v) is 3.24. The van der Waals surface area contributed by atoms with Crippen LogP contribution in [0.15, 0.2) is 27.8 Å². The fourth-order valence-electron chi connectivity index (χ4n) is 2.69. The van der Waals surface area contributed by atoms with E-state index in [2.05, 4.69) is 34.9 Å². The third-order valence-corrected chi connectivity index (χ3v) is 4.84. The van der Waals surface area contributed by atoms with Crippen molar-refractivity contribution in [2.75, 3.05) is 0 Å². The molecular formula is C15H21BrN2O2. The van der Waals surface area contributed by atoms with Crippen molar-refractivity contribution < 1.29 is 9.94 Å². The second-order valence-electron chi connectivity index (χ2n) is 5.61. The highest BCUT2D eigenvalue weighted by molar-refractivity contribution is 9.10. The molecule has 1 aromatic rings. The van der Waals surface area contributed by atoms with Crippen LogP contribution in [0.5, 0.6) is 5.75 Å². The summed E-state index contributed by atoms with van der Waals surface area (Å²) in [6.07, 6.45) is 3.47. The molecule has 20 heavy (non-hydrogen) atoms. The molecule has 3 atom stereocenters. The highest BCUT2D eigenvalue weighted by Crippen LogP contribution is 2.34. The predicted molar refractivity (Wildman–Crippen MR) is 83.2 cm³/mol. The zero-order valence-corrected chi connectivity index (χ0v) is 13.4. The number of rotatable bonds is 3. The minimum Gasteiger partial charge on any atom is -0.490 e. The molecule has 0 aliphatic heterocycles. The van der Waals surface area contributed by atoms with Crippen LogP contribution >= 0.6 is 15.9 Å². The van der Waals surface area contributed by atoms with E-state index in [1.54, 1.807) is 0 Å². The number of nitrogens with zero attached hydrogens (tertiary/aromatic N) is 1. The van der Waals surface area contributed by atoms with Crippen LogP contribution < -0.4 is 10.5 Å². The highest BCUT2D eigenvalue weighted by Gasteiger charge is 2.26. The molecule has 3 unspecified atom stereocenters. The molecule has 2 rings (SSSR count). The Hall–Kier alpha value is -1.23. The Kier molecular flexibility index (Phi) is 4.91. The Balaban J connectivity index is 2.20. The molecule has 3 N–H and O–H groups in total. The molecule has 0 bridgehead atoms. The summed E-state index contributed by atoms with van der Waals surface area (Å²) in [5.74, 6) is 2.14. The van der Waals surface area contributed by atoms with Crippen molar-refractivity contribution in [3.8, 4) is 5.75 Å². The molecule has 0 amide bonds. The minimum absolute atomic E-state index is 0.0599. The lowest BCUT2D eigenvalue weighted by Gasteiger charge is -2.32. The molecule has 0 radical (unpaired) electrons. The van der Waals surface area contributed by atoms with Crippen LogP contribution in [0.1, 0.15) is 38.7 Å². The number of ether oxygens (including phenoxy) is 1. The number of oxime groups is 1. The van der Waals surface area contributed by atoms with Crippen LogP contribution in [0.2, 0.25) is 0 Å². The van der Waals surface area contributed by atoms with Crippen molar-refractivity contribution >= 4 is 21.8 Å². The first-order valence-electron chi connectivity index (χ1n) is 6.96. The number of benzene rings is 1. The molecular weight excluding hydrogens is 320 g/mol. The van der Waals surface area contributed by atoms with Gasteiger partial charge in [-0.2, -0.15) is 0 Å². The Morgan fingerprint density at radius 1 is 1.35 bits per heavy atom. The first kappa shape index (κ1) is 15.2. The monoisotopic (exact) mass is 340 g/mol. The van der Waals surface area contributed by atoms with Gasteiger partial charge >= 0.3 is 0 Å². The molecule has 0 saturated heterocycles. The molecule has 0 spiro atoms. The molecule has 0 heterocycles. The quantitative estimate of drug-likeness (QED) is 0.381. The van der Waals surface area contributed by atoms with Crippen LogP contribution in [0, 0.1) is 11.8 Å². The summed E-state index contributed by atoms with van der Waals surface area (Å²) in [6, 6.07) is 5.61. The number of hydrogen-bond acceptors (Lipinski definition) is 3. The van der Waals surface area contributed by atoms with Crippen LogP contribution in [-0.2, 0) is 0 Å². The van der Waals surface area contributed by atoms with Gasteiger partial charge in [-0.05, 0) is 59.2 Å². The minimum atomic E-state index is 0.0599. The Morgan fingerprint density at radius 2 is 2.10 bits per heavy atom. The maximum Gasteiger partial charge on any atom is 0.174 e. The first-order valence-corrected chi connectivity index (χ1v) is 7.75. The van der Waals surface area contributed by atoms with Gasteiger partial charge in [0.05, 0.1) is 11.7 Å².